The summed E-state index contributed by atoms with van der Waals surface area (Å²) in [4.78, 5) is 26.9. The van der Waals surface area contributed by atoms with Crippen molar-refractivity contribution in [2.24, 2.45) is 0 Å². The van der Waals surface area contributed by atoms with E-state index >= 15 is 0 Å². The number of hydrogen-bond acceptors (Lipinski definition) is 5. The molecule has 2 aromatic carbocycles. The zero-order valence-electron chi connectivity index (χ0n) is 16.2. The highest BCUT2D eigenvalue weighted by Crippen LogP contribution is 2.34. The van der Waals surface area contributed by atoms with Crippen molar-refractivity contribution >= 4 is 11.9 Å². The van der Waals surface area contributed by atoms with Crippen molar-refractivity contribution in [1.82, 2.24) is 4.90 Å². The second-order valence-electron chi connectivity index (χ2n) is 6.83. The van der Waals surface area contributed by atoms with Gasteiger partial charge in [-0.1, -0.05) is 42.5 Å². The first kappa shape index (κ1) is 19.9. The van der Waals surface area contributed by atoms with E-state index in [-0.39, 0.29) is 12.5 Å². The molecule has 148 valence electrons. The molecule has 6 nitrogen and oxygen atoms in total. The average molecular weight is 383 g/mol. The van der Waals surface area contributed by atoms with Crippen LogP contribution in [0.15, 0.2) is 54.6 Å². The van der Waals surface area contributed by atoms with Crippen LogP contribution in [0.25, 0.3) is 0 Å². The Kier molecular flexibility index (Phi) is 6.31. The summed E-state index contributed by atoms with van der Waals surface area (Å²) >= 11 is 0. The molecule has 0 spiro atoms. The Hall–Kier alpha value is -2.86. The highest BCUT2D eigenvalue weighted by Gasteiger charge is 2.52. The number of hydrogen-bond donors (Lipinski definition) is 0. The molecule has 6 heteroatoms. The smallest absolute Gasteiger partial charge is 0.334 e. The van der Waals surface area contributed by atoms with Gasteiger partial charge in [-0.3, -0.25) is 4.79 Å². The molecule has 3 rings (SSSR count). The topological polar surface area (TPSA) is 65.1 Å². The average Bonchev–Trinajstić information content (AvgIpc) is 3.05. The van der Waals surface area contributed by atoms with Crippen molar-refractivity contribution in [3.05, 3.63) is 65.7 Å². The molecule has 1 aliphatic heterocycles. The Morgan fingerprint density at radius 3 is 2.39 bits per heavy atom. The van der Waals surface area contributed by atoms with Crippen molar-refractivity contribution in [1.29, 1.82) is 0 Å². The molecule has 1 atom stereocenters. The summed E-state index contributed by atoms with van der Waals surface area (Å²) in [5, 5.41) is 0. The molecular weight excluding hydrogens is 358 g/mol. The van der Waals surface area contributed by atoms with Crippen molar-refractivity contribution in [2.45, 2.75) is 31.5 Å². The minimum Gasteiger partial charge on any atom is -0.497 e. The lowest BCUT2D eigenvalue weighted by Gasteiger charge is -2.35. The molecule has 1 amide bonds. The highest BCUT2D eigenvalue weighted by atomic mass is 16.5. The van der Waals surface area contributed by atoms with Gasteiger partial charge in [0.1, 0.15) is 5.75 Å². The molecule has 1 fully saturated rings. The maximum atomic E-state index is 12.7. The van der Waals surface area contributed by atoms with Gasteiger partial charge in [0.25, 0.3) is 0 Å². The fourth-order valence-corrected chi connectivity index (χ4v) is 3.50. The van der Waals surface area contributed by atoms with Gasteiger partial charge >= 0.3 is 5.97 Å². The van der Waals surface area contributed by atoms with Crippen molar-refractivity contribution in [3.8, 4) is 5.75 Å². The molecule has 2 aromatic rings. The lowest BCUT2D eigenvalue weighted by molar-refractivity contribution is -0.162. The van der Waals surface area contributed by atoms with E-state index in [0.29, 0.717) is 26.0 Å². The van der Waals surface area contributed by atoms with Crippen LogP contribution in [-0.4, -0.2) is 43.1 Å². The molecule has 0 radical (unpaired) electrons. The van der Waals surface area contributed by atoms with Crippen LogP contribution in [-0.2, 0) is 32.2 Å². The predicted octanol–water partition coefficient (Wildman–Crippen LogP) is 2.95. The summed E-state index contributed by atoms with van der Waals surface area (Å²) in [7, 11) is 2.95. The first-order valence-electron chi connectivity index (χ1n) is 9.22. The van der Waals surface area contributed by atoms with Crippen molar-refractivity contribution in [3.63, 3.8) is 0 Å². The monoisotopic (exact) mass is 383 g/mol. The van der Waals surface area contributed by atoms with Gasteiger partial charge in [0, 0.05) is 13.0 Å². The molecule has 0 N–H and O–H groups in total. The van der Waals surface area contributed by atoms with E-state index in [1.54, 1.807) is 12.0 Å². The summed E-state index contributed by atoms with van der Waals surface area (Å²) in [5.74, 6) is 0.214. The number of methoxy groups -OCH3 is 2. The fraction of sp³-hybridized carbons (Fsp3) is 0.364. The van der Waals surface area contributed by atoms with Crippen LogP contribution >= 0.6 is 0 Å². The minimum atomic E-state index is -1.11. The fourth-order valence-electron chi connectivity index (χ4n) is 3.50. The van der Waals surface area contributed by atoms with E-state index in [1.165, 1.54) is 7.11 Å². The summed E-state index contributed by atoms with van der Waals surface area (Å²) in [6.07, 6.45) is 0.670. The molecule has 0 aliphatic carbocycles. The Bertz CT molecular complexity index is 805. The second kappa shape index (κ2) is 8.89. The third-order valence-corrected chi connectivity index (χ3v) is 5.09. The third kappa shape index (κ3) is 4.17. The zero-order chi connectivity index (χ0) is 20.0. The van der Waals surface area contributed by atoms with E-state index in [0.717, 1.165) is 16.9 Å². The van der Waals surface area contributed by atoms with Crippen LogP contribution in [0.3, 0.4) is 0 Å². The quantitative estimate of drug-likeness (QED) is 0.656. The van der Waals surface area contributed by atoms with Crippen molar-refractivity contribution < 1.29 is 23.8 Å². The van der Waals surface area contributed by atoms with Gasteiger partial charge in [0.2, 0.25) is 5.91 Å². The van der Waals surface area contributed by atoms with Gasteiger partial charge in [-0.25, -0.2) is 4.79 Å². The minimum absolute atomic E-state index is 0.0791. The normalized spacial score (nSPS) is 18.9. The Labute approximate surface area is 165 Å². The first-order valence-corrected chi connectivity index (χ1v) is 9.22. The zero-order valence-corrected chi connectivity index (χ0v) is 16.2. The lowest BCUT2D eigenvalue weighted by Crippen LogP contribution is -2.55. The number of rotatable bonds is 8. The molecule has 1 aliphatic rings. The number of nitrogens with zero attached hydrogens (tertiary/aromatic N) is 1. The summed E-state index contributed by atoms with van der Waals surface area (Å²) < 4.78 is 16.1. The van der Waals surface area contributed by atoms with Gasteiger partial charge in [-0.2, -0.15) is 0 Å². The number of benzene rings is 2. The van der Waals surface area contributed by atoms with Crippen LogP contribution in [0.2, 0.25) is 0 Å². The summed E-state index contributed by atoms with van der Waals surface area (Å²) in [5.41, 5.74) is 0.807. The standard InChI is InChI=1S/C22H25NO5/c1-26-19-10-8-17(9-11-19)14-23-20(24)12-13-22(23,21(25)27-2)16-28-15-18-6-4-3-5-7-18/h3-11H,12-16H2,1-2H3/t22-/m0/s1. The van der Waals surface area contributed by atoms with Crippen molar-refractivity contribution in [2.75, 3.05) is 20.8 Å². The lowest BCUT2D eigenvalue weighted by atomic mass is 9.96. The third-order valence-electron chi connectivity index (χ3n) is 5.09. The molecule has 0 aromatic heterocycles. The van der Waals surface area contributed by atoms with Crippen LogP contribution in [0.4, 0.5) is 0 Å². The number of likely N-dealkylation sites (tertiary alicyclic amines) is 1. The molecule has 28 heavy (non-hydrogen) atoms. The number of carbonyl (C=O) groups excluding carboxylic acids is 2. The van der Waals surface area contributed by atoms with Gasteiger partial charge < -0.3 is 19.1 Å². The highest BCUT2D eigenvalue weighted by molar-refractivity contribution is 5.92. The molecule has 0 saturated carbocycles. The molecule has 1 heterocycles. The van der Waals surface area contributed by atoms with E-state index < -0.39 is 11.5 Å². The Morgan fingerprint density at radius 2 is 1.75 bits per heavy atom. The van der Waals surface area contributed by atoms with Gasteiger partial charge in [-0.05, 0) is 29.7 Å². The largest absolute Gasteiger partial charge is 0.497 e. The molecule has 0 unspecified atom stereocenters. The van der Waals surface area contributed by atoms with E-state index in [4.69, 9.17) is 14.2 Å². The molecular formula is C22H25NO5. The maximum absolute atomic E-state index is 12.7. The van der Waals surface area contributed by atoms with Crippen LogP contribution < -0.4 is 4.74 Å². The predicted molar refractivity (Wildman–Crippen MR) is 104 cm³/mol. The van der Waals surface area contributed by atoms with Gasteiger partial charge in [-0.15, -0.1) is 0 Å². The van der Waals surface area contributed by atoms with E-state index in [9.17, 15) is 9.59 Å². The Balaban J connectivity index is 1.77. The maximum Gasteiger partial charge on any atom is 0.334 e. The van der Waals surface area contributed by atoms with Crippen LogP contribution in [0.1, 0.15) is 24.0 Å². The number of amides is 1. The number of ether oxygens (including phenoxy) is 3. The molecule has 0 bridgehead atoms. The molecule has 1 saturated heterocycles. The van der Waals surface area contributed by atoms with Gasteiger partial charge in [0.05, 0.1) is 27.4 Å². The SMILES string of the molecule is COC(=O)[C@@]1(COCc2ccccc2)CCC(=O)N1Cc1ccc(OC)cc1. The van der Waals surface area contributed by atoms with E-state index in [1.807, 2.05) is 54.6 Å². The van der Waals surface area contributed by atoms with E-state index in [2.05, 4.69) is 0 Å². The summed E-state index contributed by atoms with van der Waals surface area (Å²) in [6.45, 7) is 0.771. The van der Waals surface area contributed by atoms with Gasteiger partial charge in [0.15, 0.2) is 5.54 Å². The second-order valence-corrected chi connectivity index (χ2v) is 6.83. The van der Waals surface area contributed by atoms with Crippen LogP contribution in [0.5, 0.6) is 5.75 Å². The Morgan fingerprint density at radius 1 is 1.04 bits per heavy atom. The summed E-state index contributed by atoms with van der Waals surface area (Å²) in [6, 6.07) is 17.2. The number of carbonyl (C=O) groups is 2. The van der Waals surface area contributed by atoms with Crippen LogP contribution in [0, 0.1) is 0 Å². The first-order chi connectivity index (χ1) is 13.6. The number of esters is 1.